The molecule has 0 radical (unpaired) electrons. The minimum absolute atomic E-state index is 0.246. The van der Waals surface area contributed by atoms with Gasteiger partial charge in [-0.2, -0.15) is 0 Å². The first kappa shape index (κ1) is 11.7. The lowest BCUT2D eigenvalue weighted by atomic mass is 10.00. The lowest BCUT2D eigenvalue weighted by molar-refractivity contribution is -0.142. The molecule has 0 saturated carbocycles. The lowest BCUT2D eigenvalue weighted by Gasteiger charge is -2.19. The quantitative estimate of drug-likeness (QED) is 0.832. The number of fused-ring (bicyclic) bond motifs is 1. The Bertz CT molecular complexity index is 449. The summed E-state index contributed by atoms with van der Waals surface area (Å²) in [5.41, 5.74) is 1.11. The highest BCUT2D eigenvalue weighted by Gasteiger charge is 2.26. The van der Waals surface area contributed by atoms with Crippen LogP contribution in [0.25, 0.3) is 0 Å². The fourth-order valence-corrected chi connectivity index (χ4v) is 2.99. The molecule has 0 aliphatic carbocycles. The van der Waals surface area contributed by atoms with Crippen LogP contribution in [0.1, 0.15) is 30.8 Å². The summed E-state index contributed by atoms with van der Waals surface area (Å²) in [7, 11) is 0. The van der Waals surface area contributed by atoms with Gasteiger partial charge in [0.2, 0.25) is 0 Å². The molecule has 0 bridgehead atoms. The molecule has 3 heterocycles. The Kier molecular flexibility index (Phi) is 3.07. The molecule has 1 aromatic heterocycles. The molecular weight excluding hydrogens is 230 g/mol. The van der Waals surface area contributed by atoms with E-state index >= 15 is 0 Å². The molecule has 0 spiro atoms. The minimum Gasteiger partial charge on any atom is -0.481 e. The smallest absolute Gasteiger partial charge is 0.308 e. The van der Waals surface area contributed by atoms with Gasteiger partial charge in [0.05, 0.1) is 11.6 Å². The van der Waals surface area contributed by atoms with Crippen molar-refractivity contribution < 1.29 is 9.90 Å². The van der Waals surface area contributed by atoms with Crippen LogP contribution in [0.3, 0.4) is 0 Å². The molecule has 98 valence electrons. The van der Waals surface area contributed by atoms with E-state index in [4.69, 9.17) is 5.11 Å². The van der Waals surface area contributed by atoms with Crippen LogP contribution in [0.2, 0.25) is 0 Å². The Balaban J connectivity index is 1.70. The van der Waals surface area contributed by atoms with E-state index in [1.165, 1.54) is 12.8 Å². The van der Waals surface area contributed by atoms with E-state index in [0.29, 0.717) is 19.0 Å². The standard InChI is InChI=1S/C13H19N3O2/c17-13(18)9-3-4-12-15-11(8-16(12)7-9)6-10-2-1-5-14-10/h8-10,14H,1-7H2,(H,17,18). The van der Waals surface area contributed by atoms with Crippen molar-refractivity contribution in [1.82, 2.24) is 14.9 Å². The van der Waals surface area contributed by atoms with Crippen molar-refractivity contribution in [3.8, 4) is 0 Å². The summed E-state index contributed by atoms with van der Waals surface area (Å²) >= 11 is 0. The highest BCUT2D eigenvalue weighted by Crippen LogP contribution is 2.21. The summed E-state index contributed by atoms with van der Waals surface area (Å²) in [6.07, 6.45) is 6.99. The van der Waals surface area contributed by atoms with Gasteiger partial charge in [0.15, 0.2) is 0 Å². The van der Waals surface area contributed by atoms with Crippen LogP contribution in [0.5, 0.6) is 0 Å². The molecular formula is C13H19N3O2. The van der Waals surface area contributed by atoms with Crippen molar-refractivity contribution in [3.63, 3.8) is 0 Å². The summed E-state index contributed by atoms with van der Waals surface area (Å²) in [5.74, 6) is 0.123. The van der Waals surface area contributed by atoms with Crippen LogP contribution in [-0.2, 0) is 24.2 Å². The summed E-state index contributed by atoms with van der Waals surface area (Å²) in [6, 6.07) is 0.553. The van der Waals surface area contributed by atoms with Crippen molar-refractivity contribution in [1.29, 1.82) is 0 Å². The van der Waals surface area contributed by atoms with Crippen molar-refractivity contribution in [2.24, 2.45) is 5.92 Å². The summed E-state index contributed by atoms with van der Waals surface area (Å²) in [6.45, 7) is 1.69. The third kappa shape index (κ3) is 2.27. The second-order valence-electron chi connectivity index (χ2n) is 5.37. The van der Waals surface area contributed by atoms with Gasteiger partial charge in [-0.15, -0.1) is 0 Å². The fraction of sp³-hybridized carbons (Fsp3) is 0.692. The van der Waals surface area contributed by atoms with Crippen molar-refractivity contribution in [2.75, 3.05) is 6.54 Å². The number of nitrogens with one attached hydrogen (secondary N) is 1. The van der Waals surface area contributed by atoms with Gasteiger partial charge in [0.25, 0.3) is 0 Å². The second kappa shape index (κ2) is 4.72. The van der Waals surface area contributed by atoms with Gasteiger partial charge in [0, 0.05) is 31.6 Å². The Morgan fingerprint density at radius 2 is 2.44 bits per heavy atom. The molecule has 2 atom stereocenters. The molecule has 0 aromatic carbocycles. The molecule has 18 heavy (non-hydrogen) atoms. The topological polar surface area (TPSA) is 67.2 Å². The van der Waals surface area contributed by atoms with Crippen molar-refractivity contribution in [3.05, 3.63) is 17.7 Å². The van der Waals surface area contributed by atoms with Crippen molar-refractivity contribution in [2.45, 2.75) is 44.7 Å². The number of imidazole rings is 1. The Hall–Kier alpha value is -1.36. The van der Waals surface area contributed by atoms with Gasteiger partial charge in [-0.1, -0.05) is 0 Å². The predicted octanol–water partition coefficient (Wildman–Crippen LogP) is 0.825. The number of hydrogen-bond acceptors (Lipinski definition) is 3. The zero-order chi connectivity index (χ0) is 12.5. The molecule has 5 nitrogen and oxygen atoms in total. The monoisotopic (exact) mass is 249 g/mol. The van der Waals surface area contributed by atoms with Gasteiger partial charge >= 0.3 is 5.97 Å². The first-order valence-corrected chi connectivity index (χ1v) is 6.73. The van der Waals surface area contributed by atoms with Crippen LogP contribution >= 0.6 is 0 Å². The number of rotatable bonds is 3. The van der Waals surface area contributed by atoms with E-state index in [1.807, 2.05) is 10.8 Å². The first-order valence-electron chi connectivity index (χ1n) is 6.73. The SMILES string of the molecule is O=C(O)C1CCc2nc(CC3CCCN3)cn2C1. The van der Waals surface area contributed by atoms with Crippen LogP contribution in [-0.4, -0.2) is 33.2 Å². The molecule has 2 unspecified atom stereocenters. The van der Waals surface area contributed by atoms with Crippen LogP contribution in [0.15, 0.2) is 6.20 Å². The number of aromatic nitrogens is 2. The summed E-state index contributed by atoms with van der Waals surface area (Å²) < 4.78 is 2.03. The molecule has 1 fully saturated rings. The molecule has 3 rings (SSSR count). The Labute approximate surface area is 106 Å². The molecule has 0 amide bonds. The molecule has 5 heteroatoms. The van der Waals surface area contributed by atoms with E-state index in [2.05, 4.69) is 10.3 Å². The highest BCUT2D eigenvalue weighted by atomic mass is 16.4. The van der Waals surface area contributed by atoms with Gasteiger partial charge in [-0.3, -0.25) is 4.79 Å². The van der Waals surface area contributed by atoms with Gasteiger partial charge < -0.3 is 15.0 Å². The fourth-order valence-electron chi connectivity index (χ4n) is 2.99. The molecule has 1 aromatic rings. The molecule has 2 aliphatic rings. The molecule has 1 saturated heterocycles. The van der Waals surface area contributed by atoms with Crippen LogP contribution < -0.4 is 5.32 Å². The first-order chi connectivity index (χ1) is 8.72. The highest BCUT2D eigenvalue weighted by molar-refractivity contribution is 5.70. The number of carboxylic acids is 1. The average molecular weight is 249 g/mol. The zero-order valence-electron chi connectivity index (χ0n) is 10.4. The average Bonchev–Trinajstić information content (AvgIpc) is 2.96. The molecule has 2 N–H and O–H groups in total. The van der Waals surface area contributed by atoms with E-state index in [-0.39, 0.29) is 5.92 Å². The number of aryl methyl sites for hydroxylation is 1. The van der Waals surface area contributed by atoms with Gasteiger partial charge in [-0.05, 0) is 25.8 Å². The zero-order valence-corrected chi connectivity index (χ0v) is 10.4. The van der Waals surface area contributed by atoms with Crippen LogP contribution in [0, 0.1) is 5.92 Å². The number of aliphatic carboxylic acids is 1. The Morgan fingerprint density at radius 1 is 1.56 bits per heavy atom. The third-order valence-electron chi connectivity index (χ3n) is 4.01. The number of nitrogens with zero attached hydrogens (tertiary/aromatic N) is 2. The molecule has 2 aliphatic heterocycles. The second-order valence-corrected chi connectivity index (χ2v) is 5.37. The summed E-state index contributed by atoms with van der Waals surface area (Å²) in [4.78, 5) is 15.6. The maximum Gasteiger partial charge on any atom is 0.308 e. The summed E-state index contributed by atoms with van der Waals surface area (Å²) in [5, 5.41) is 12.5. The lowest BCUT2D eigenvalue weighted by Crippen LogP contribution is -2.26. The third-order valence-corrected chi connectivity index (χ3v) is 4.01. The number of carbonyl (C=O) groups is 1. The van der Waals surface area contributed by atoms with Gasteiger partial charge in [0.1, 0.15) is 5.82 Å². The maximum atomic E-state index is 11.0. The largest absolute Gasteiger partial charge is 0.481 e. The van der Waals surface area contributed by atoms with Crippen molar-refractivity contribution >= 4 is 5.97 Å². The Morgan fingerprint density at radius 3 is 3.17 bits per heavy atom. The van der Waals surface area contributed by atoms with E-state index in [1.54, 1.807) is 0 Å². The van der Waals surface area contributed by atoms with Gasteiger partial charge in [-0.25, -0.2) is 4.98 Å². The minimum atomic E-state index is -0.687. The van der Waals surface area contributed by atoms with E-state index < -0.39 is 5.97 Å². The normalized spacial score (nSPS) is 27.1. The number of carboxylic acid groups (broad SMARTS) is 1. The van der Waals surface area contributed by atoms with Crippen LogP contribution in [0.4, 0.5) is 0 Å². The van der Waals surface area contributed by atoms with E-state index in [0.717, 1.165) is 30.9 Å². The number of hydrogen-bond donors (Lipinski definition) is 2. The van der Waals surface area contributed by atoms with E-state index in [9.17, 15) is 4.79 Å². The predicted molar refractivity (Wildman–Crippen MR) is 66.4 cm³/mol. The maximum absolute atomic E-state index is 11.0.